The molecule has 0 radical (unpaired) electrons. The lowest BCUT2D eigenvalue weighted by Gasteiger charge is -2.17. The number of carbonyl (C=O) groups excluding carboxylic acids is 3. The van der Waals surface area contributed by atoms with E-state index in [1.54, 1.807) is 67.5 Å². The molecule has 0 unspecified atom stereocenters. The van der Waals surface area contributed by atoms with Crippen molar-refractivity contribution < 1.29 is 28.6 Å². The van der Waals surface area contributed by atoms with Crippen molar-refractivity contribution in [3.63, 3.8) is 0 Å². The summed E-state index contributed by atoms with van der Waals surface area (Å²) in [5.41, 5.74) is 2.50. The zero-order chi connectivity index (χ0) is 28.5. The van der Waals surface area contributed by atoms with E-state index in [2.05, 4.69) is 5.32 Å². The van der Waals surface area contributed by atoms with Gasteiger partial charge in [-0.05, 0) is 80.1 Å². The SMILES string of the molecule is CCOC(=O)c1ccc(N=C2S[C@H](CC(=O)Nc3ccc(OCC)cc3)C(=O)N2Cc2ccc(OC)cc2)cc1. The van der Waals surface area contributed by atoms with Gasteiger partial charge in [0.1, 0.15) is 16.7 Å². The molecule has 0 aromatic heterocycles. The number of rotatable bonds is 11. The second-order valence-corrected chi connectivity index (χ2v) is 9.92. The molecule has 3 aromatic rings. The fraction of sp³-hybridized carbons (Fsp3) is 0.267. The second-order valence-electron chi connectivity index (χ2n) is 8.75. The molecule has 0 saturated carbocycles. The number of methoxy groups -OCH3 is 1. The molecule has 1 aliphatic heterocycles. The van der Waals surface area contributed by atoms with Crippen molar-refractivity contribution >= 4 is 46.1 Å². The van der Waals surface area contributed by atoms with Crippen LogP contribution in [0.15, 0.2) is 77.8 Å². The Morgan fingerprint density at radius 2 is 1.60 bits per heavy atom. The van der Waals surface area contributed by atoms with E-state index < -0.39 is 11.2 Å². The Labute approximate surface area is 237 Å². The van der Waals surface area contributed by atoms with Gasteiger partial charge in [0.25, 0.3) is 0 Å². The van der Waals surface area contributed by atoms with E-state index in [-0.39, 0.29) is 31.4 Å². The Balaban J connectivity index is 1.51. The number of hydrogen-bond donors (Lipinski definition) is 1. The number of amidine groups is 1. The van der Waals surface area contributed by atoms with Gasteiger partial charge in [-0.25, -0.2) is 9.79 Å². The largest absolute Gasteiger partial charge is 0.497 e. The van der Waals surface area contributed by atoms with Gasteiger partial charge in [-0.1, -0.05) is 23.9 Å². The number of nitrogens with one attached hydrogen (secondary N) is 1. The average molecular weight is 562 g/mol. The summed E-state index contributed by atoms with van der Waals surface area (Å²) < 4.78 is 15.7. The fourth-order valence-corrected chi connectivity index (χ4v) is 5.12. The van der Waals surface area contributed by atoms with Gasteiger partial charge in [0.05, 0.1) is 38.1 Å². The van der Waals surface area contributed by atoms with E-state index in [0.717, 1.165) is 5.56 Å². The van der Waals surface area contributed by atoms with Crippen LogP contribution in [-0.2, 0) is 20.9 Å². The highest BCUT2D eigenvalue weighted by Gasteiger charge is 2.39. The summed E-state index contributed by atoms with van der Waals surface area (Å²) in [5.74, 6) is 0.536. The van der Waals surface area contributed by atoms with Gasteiger partial charge in [-0.3, -0.25) is 14.5 Å². The third-order valence-electron chi connectivity index (χ3n) is 5.94. The summed E-state index contributed by atoms with van der Waals surface area (Å²) in [6, 6.07) is 21.2. The molecular formula is C30H31N3O6S. The summed E-state index contributed by atoms with van der Waals surface area (Å²) >= 11 is 1.24. The van der Waals surface area contributed by atoms with Crippen LogP contribution in [0.1, 0.15) is 36.2 Å². The molecule has 3 aromatic carbocycles. The number of thioether (sulfide) groups is 1. The van der Waals surface area contributed by atoms with Crippen LogP contribution in [0.25, 0.3) is 0 Å². The van der Waals surface area contributed by atoms with Crippen molar-refractivity contribution in [1.29, 1.82) is 0 Å². The third-order valence-corrected chi connectivity index (χ3v) is 7.12. The van der Waals surface area contributed by atoms with E-state index in [9.17, 15) is 14.4 Å². The number of amides is 2. The Morgan fingerprint density at radius 1 is 0.925 bits per heavy atom. The fourth-order valence-electron chi connectivity index (χ4n) is 3.96. The minimum atomic E-state index is -0.640. The first-order valence-corrected chi connectivity index (χ1v) is 13.8. The summed E-state index contributed by atoms with van der Waals surface area (Å²) in [6.45, 7) is 4.78. The van der Waals surface area contributed by atoms with Gasteiger partial charge < -0.3 is 19.5 Å². The highest BCUT2D eigenvalue weighted by Crippen LogP contribution is 2.33. The van der Waals surface area contributed by atoms with Gasteiger partial charge in [-0.15, -0.1) is 0 Å². The molecule has 40 heavy (non-hydrogen) atoms. The smallest absolute Gasteiger partial charge is 0.338 e. The van der Waals surface area contributed by atoms with Crippen LogP contribution in [0.3, 0.4) is 0 Å². The maximum atomic E-state index is 13.5. The summed E-state index contributed by atoms with van der Waals surface area (Å²) in [6.07, 6.45) is -0.0172. The van der Waals surface area contributed by atoms with Crippen LogP contribution >= 0.6 is 11.8 Å². The van der Waals surface area contributed by atoms with E-state index in [1.165, 1.54) is 11.8 Å². The minimum Gasteiger partial charge on any atom is -0.497 e. The van der Waals surface area contributed by atoms with Crippen molar-refractivity contribution in [2.75, 3.05) is 25.6 Å². The Kier molecular flexibility index (Phi) is 9.80. The lowest BCUT2D eigenvalue weighted by atomic mass is 10.2. The van der Waals surface area contributed by atoms with Crippen LogP contribution in [0.4, 0.5) is 11.4 Å². The van der Waals surface area contributed by atoms with E-state index in [4.69, 9.17) is 19.2 Å². The molecule has 0 bridgehead atoms. The molecule has 1 aliphatic rings. The Hall–Kier alpha value is -4.31. The van der Waals surface area contributed by atoms with Crippen molar-refractivity contribution in [3.05, 3.63) is 83.9 Å². The maximum Gasteiger partial charge on any atom is 0.338 e. The summed E-state index contributed by atoms with van der Waals surface area (Å²) in [7, 11) is 1.59. The monoisotopic (exact) mass is 561 g/mol. The lowest BCUT2D eigenvalue weighted by Crippen LogP contribution is -2.33. The number of anilines is 1. The first-order chi connectivity index (χ1) is 19.4. The van der Waals surface area contributed by atoms with Crippen molar-refractivity contribution in [3.8, 4) is 11.5 Å². The van der Waals surface area contributed by atoms with Crippen LogP contribution in [0.5, 0.6) is 11.5 Å². The Bertz CT molecular complexity index is 1360. The summed E-state index contributed by atoms with van der Waals surface area (Å²) in [5, 5.41) is 2.69. The number of carbonyl (C=O) groups is 3. The molecule has 1 atom stereocenters. The van der Waals surface area contributed by atoms with Gasteiger partial charge in [-0.2, -0.15) is 0 Å². The molecule has 1 saturated heterocycles. The number of nitrogens with zero attached hydrogens (tertiary/aromatic N) is 2. The quantitative estimate of drug-likeness (QED) is 0.311. The van der Waals surface area contributed by atoms with E-state index >= 15 is 0 Å². The zero-order valence-corrected chi connectivity index (χ0v) is 23.4. The summed E-state index contributed by atoms with van der Waals surface area (Å²) in [4.78, 5) is 44.6. The van der Waals surface area contributed by atoms with Gasteiger partial charge in [0.15, 0.2) is 5.17 Å². The highest BCUT2D eigenvalue weighted by atomic mass is 32.2. The molecule has 0 spiro atoms. The Morgan fingerprint density at radius 3 is 2.23 bits per heavy atom. The van der Waals surface area contributed by atoms with Gasteiger partial charge >= 0.3 is 5.97 Å². The van der Waals surface area contributed by atoms with Crippen molar-refractivity contribution in [1.82, 2.24) is 4.90 Å². The number of aliphatic imine (C=N–C) groups is 1. The van der Waals surface area contributed by atoms with Crippen LogP contribution < -0.4 is 14.8 Å². The second kappa shape index (κ2) is 13.7. The third kappa shape index (κ3) is 7.41. The zero-order valence-electron chi connectivity index (χ0n) is 22.6. The molecular weight excluding hydrogens is 530 g/mol. The maximum absolute atomic E-state index is 13.5. The first-order valence-electron chi connectivity index (χ1n) is 12.9. The molecule has 1 fully saturated rings. The number of esters is 1. The van der Waals surface area contributed by atoms with Crippen LogP contribution in [0, 0.1) is 0 Å². The number of hydrogen-bond acceptors (Lipinski definition) is 8. The first kappa shape index (κ1) is 28.7. The standard InChI is InChI=1S/C30H31N3O6S/c1-4-38-25-16-12-22(13-17-25)31-27(34)18-26-28(35)33(19-20-6-14-24(37-3)15-7-20)30(40-26)32-23-10-8-21(9-11-23)29(36)39-5-2/h6-17,26H,4-5,18-19H2,1-3H3,(H,31,34)/t26-/m1/s1. The molecule has 1 N–H and O–H groups in total. The molecule has 10 heteroatoms. The molecule has 1 heterocycles. The van der Waals surface area contributed by atoms with E-state index in [1.807, 2.05) is 31.2 Å². The molecule has 0 aliphatic carbocycles. The number of ether oxygens (including phenoxy) is 3. The van der Waals surface area contributed by atoms with Crippen molar-refractivity contribution in [2.45, 2.75) is 32.1 Å². The molecule has 208 valence electrons. The van der Waals surface area contributed by atoms with Crippen LogP contribution in [-0.4, -0.2) is 53.4 Å². The number of benzene rings is 3. The van der Waals surface area contributed by atoms with Gasteiger partial charge in [0, 0.05) is 12.1 Å². The van der Waals surface area contributed by atoms with Crippen LogP contribution in [0.2, 0.25) is 0 Å². The normalized spacial score (nSPS) is 15.7. The molecule has 2 amide bonds. The average Bonchev–Trinajstić information content (AvgIpc) is 3.23. The molecule has 9 nitrogen and oxygen atoms in total. The predicted octanol–water partition coefficient (Wildman–Crippen LogP) is 5.43. The minimum absolute atomic E-state index is 0.0172. The topological polar surface area (TPSA) is 107 Å². The predicted molar refractivity (Wildman–Crippen MR) is 155 cm³/mol. The van der Waals surface area contributed by atoms with E-state index in [0.29, 0.717) is 40.2 Å². The van der Waals surface area contributed by atoms with Crippen molar-refractivity contribution in [2.24, 2.45) is 4.99 Å². The highest BCUT2D eigenvalue weighted by molar-refractivity contribution is 8.15. The lowest BCUT2D eigenvalue weighted by molar-refractivity contribution is -0.128. The van der Waals surface area contributed by atoms with Gasteiger partial charge in [0.2, 0.25) is 11.8 Å². The molecule has 4 rings (SSSR count).